The molecule has 1 heterocycles. The van der Waals surface area contributed by atoms with Crippen LogP contribution in [0.1, 0.15) is 43.2 Å². The summed E-state index contributed by atoms with van der Waals surface area (Å²) >= 11 is 12.7. The predicted octanol–water partition coefficient (Wildman–Crippen LogP) is 5.91. The lowest BCUT2D eigenvalue weighted by Gasteiger charge is -2.35. The van der Waals surface area contributed by atoms with Gasteiger partial charge in [-0.15, -0.1) is 0 Å². The zero-order valence-corrected chi connectivity index (χ0v) is 18.3. The molecule has 2 aliphatic rings. The summed E-state index contributed by atoms with van der Waals surface area (Å²) in [6.45, 7) is 3.81. The number of hydrogen-bond donors (Lipinski definition) is 2. The highest BCUT2D eigenvalue weighted by atomic mass is 35.5. The van der Waals surface area contributed by atoms with Crippen LogP contribution in [0.15, 0.2) is 65.0 Å². The molecule has 30 heavy (non-hydrogen) atoms. The van der Waals surface area contributed by atoms with Gasteiger partial charge in [0.15, 0.2) is 5.78 Å². The van der Waals surface area contributed by atoms with Gasteiger partial charge in [0.25, 0.3) is 5.91 Å². The van der Waals surface area contributed by atoms with Gasteiger partial charge in [0.05, 0.1) is 0 Å². The van der Waals surface area contributed by atoms with Gasteiger partial charge in [-0.05, 0) is 56.0 Å². The summed E-state index contributed by atoms with van der Waals surface area (Å²) in [5.41, 5.74) is 5.14. The second-order valence-corrected chi connectivity index (χ2v) is 8.54. The molecule has 0 unspecified atom stereocenters. The van der Waals surface area contributed by atoms with E-state index in [1.807, 2.05) is 44.2 Å². The van der Waals surface area contributed by atoms with E-state index in [2.05, 4.69) is 10.6 Å². The largest absolute Gasteiger partial charge is 0.362 e. The molecule has 1 atom stereocenters. The summed E-state index contributed by atoms with van der Waals surface area (Å²) in [6, 6.07) is 12.8. The number of carbonyl (C=O) groups excluding carboxylic acids is 2. The van der Waals surface area contributed by atoms with Crippen molar-refractivity contribution in [2.24, 2.45) is 0 Å². The van der Waals surface area contributed by atoms with Gasteiger partial charge in [0, 0.05) is 50.6 Å². The number of ketones is 1. The van der Waals surface area contributed by atoms with Crippen LogP contribution in [-0.4, -0.2) is 11.7 Å². The minimum atomic E-state index is -0.539. The van der Waals surface area contributed by atoms with Gasteiger partial charge in [-0.25, -0.2) is 0 Å². The number of halogens is 2. The number of aryl methyl sites for hydroxylation is 1. The fraction of sp³-hybridized carbons (Fsp3) is 0.250. The molecule has 2 N–H and O–H groups in total. The van der Waals surface area contributed by atoms with Crippen molar-refractivity contribution in [3.05, 3.63) is 86.2 Å². The summed E-state index contributed by atoms with van der Waals surface area (Å²) in [6.07, 6.45) is 2.03. The highest BCUT2D eigenvalue weighted by Gasteiger charge is 2.39. The topological polar surface area (TPSA) is 58.2 Å². The Labute approximate surface area is 186 Å². The zero-order chi connectivity index (χ0) is 21.4. The summed E-state index contributed by atoms with van der Waals surface area (Å²) in [5, 5.41) is 7.28. The zero-order valence-electron chi connectivity index (χ0n) is 16.8. The van der Waals surface area contributed by atoms with Crippen LogP contribution >= 0.6 is 23.2 Å². The molecular weight excluding hydrogens is 419 g/mol. The monoisotopic (exact) mass is 440 g/mol. The Morgan fingerprint density at radius 3 is 2.60 bits per heavy atom. The Bertz CT molecular complexity index is 1120. The molecule has 2 aromatic carbocycles. The van der Waals surface area contributed by atoms with E-state index >= 15 is 0 Å². The molecule has 1 amide bonds. The molecule has 1 aliphatic carbocycles. The highest BCUT2D eigenvalue weighted by molar-refractivity contribution is 6.35. The van der Waals surface area contributed by atoms with Crippen LogP contribution in [0.5, 0.6) is 0 Å². The lowest BCUT2D eigenvalue weighted by atomic mass is 9.75. The van der Waals surface area contributed by atoms with Crippen molar-refractivity contribution in [1.82, 2.24) is 5.32 Å². The molecular formula is C24H22Cl2N2O2. The first kappa shape index (κ1) is 20.7. The van der Waals surface area contributed by atoms with E-state index < -0.39 is 5.92 Å². The maximum absolute atomic E-state index is 13.5. The lowest BCUT2D eigenvalue weighted by molar-refractivity contribution is -0.116. The number of Topliss-reactive ketones (excluding diaryl/α,β-unsaturated/α-hetero) is 1. The van der Waals surface area contributed by atoms with Crippen molar-refractivity contribution in [1.29, 1.82) is 0 Å². The molecule has 0 saturated carbocycles. The van der Waals surface area contributed by atoms with Crippen LogP contribution < -0.4 is 10.6 Å². The Morgan fingerprint density at radius 2 is 1.87 bits per heavy atom. The molecule has 4 nitrogen and oxygen atoms in total. The molecule has 4 rings (SSSR count). The van der Waals surface area contributed by atoms with Gasteiger partial charge >= 0.3 is 0 Å². The average molecular weight is 441 g/mol. The van der Waals surface area contributed by atoms with Crippen LogP contribution in [-0.2, 0) is 9.59 Å². The Balaban J connectivity index is 1.83. The quantitative estimate of drug-likeness (QED) is 0.623. The SMILES string of the molecule is CC1=C(C(=O)Nc2ccccc2C)[C@H](c2ccc(Cl)cc2Cl)C2=C(CCCC2=O)N1. The summed E-state index contributed by atoms with van der Waals surface area (Å²) in [5.74, 6) is -0.744. The van der Waals surface area contributed by atoms with Crippen molar-refractivity contribution in [3.63, 3.8) is 0 Å². The third kappa shape index (κ3) is 3.78. The Kier molecular flexibility index (Phi) is 5.72. The fourth-order valence-corrected chi connectivity index (χ4v) is 4.75. The van der Waals surface area contributed by atoms with E-state index in [1.54, 1.807) is 12.1 Å². The smallest absolute Gasteiger partial charge is 0.254 e. The molecule has 0 bridgehead atoms. The summed E-state index contributed by atoms with van der Waals surface area (Å²) in [7, 11) is 0. The molecule has 6 heteroatoms. The van der Waals surface area contributed by atoms with Gasteiger partial charge in [-0.2, -0.15) is 0 Å². The second-order valence-electron chi connectivity index (χ2n) is 7.70. The van der Waals surface area contributed by atoms with Crippen molar-refractivity contribution in [2.45, 2.75) is 39.0 Å². The van der Waals surface area contributed by atoms with E-state index in [9.17, 15) is 9.59 Å². The standard InChI is InChI=1S/C24H22Cl2N2O2/c1-13-6-3-4-7-18(13)28-24(30)21-14(2)27-19-8-5-9-20(29)23(19)22(21)16-11-10-15(25)12-17(16)26/h3-4,6-7,10-12,22,27H,5,8-9H2,1-2H3,(H,28,30)/t22-/m0/s1. The van der Waals surface area contributed by atoms with Crippen LogP contribution in [0, 0.1) is 6.92 Å². The Hall–Kier alpha value is -2.56. The van der Waals surface area contributed by atoms with Gasteiger partial charge < -0.3 is 10.6 Å². The van der Waals surface area contributed by atoms with E-state index in [1.165, 1.54) is 0 Å². The second kappa shape index (κ2) is 8.29. The Morgan fingerprint density at radius 1 is 1.10 bits per heavy atom. The van der Waals surface area contributed by atoms with Crippen molar-refractivity contribution >= 4 is 40.6 Å². The number of anilines is 1. The average Bonchev–Trinajstić information content (AvgIpc) is 2.69. The van der Waals surface area contributed by atoms with E-state index in [0.29, 0.717) is 33.2 Å². The van der Waals surface area contributed by atoms with Crippen molar-refractivity contribution < 1.29 is 9.59 Å². The first-order valence-corrected chi connectivity index (χ1v) is 10.7. The number of dihydropyridines is 1. The van der Waals surface area contributed by atoms with E-state index in [0.717, 1.165) is 35.5 Å². The minimum Gasteiger partial charge on any atom is -0.362 e. The molecule has 0 radical (unpaired) electrons. The number of allylic oxidation sites excluding steroid dienone is 3. The first-order chi connectivity index (χ1) is 14.4. The van der Waals surface area contributed by atoms with Gasteiger partial charge in [-0.1, -0.05) is 47.5 Å². The number of nitrogens with one attached hydrogen (secondary N) is 2. The van der Waals surface area contributed by atoms with Crippen LogP contribution in [0.25, 0.3) is 0 Å². The first-order valence-electron chi connectivity index (χ1n) is 9.92. The van der Waals surface area contributed by atoms with Gasteiger partial charge in [-0.3, -0.25) is 9.59 Å². The number of para-hydroxylation sites is 1. The number of hydrogen-bond acceptors (Lipinski definition) is 3. The molecule has 0 fully saturated rings. The normalized spacial score (nSPS) is 18.8. The van der Waals surface area contributed by atoms with Crippen LogP contribution in [0.2, 0.25) is 10.0 Å². The lowest BCUT2D eigenvalue weighted by Crippen LogP contribution is -2.35. The van der Waals surface area contributed by atoms with Crippen LogP contribution in [0.4, 0.5) is 5.69 Å². The highest BCUT2D eigenvalue weighted by Crippen LogP contribution is 2.44. The van der Waals surface area contributed by atoms with E-state index in [-0.39, 0.29) is 11.7 Å². The molecule has 154 valence electrons. The predicted molar refractivity (Wildman–Crippen MR) is 121 cm³/mol. The third-order valence-electron chi connectivity index (χ3n) is 5.69. The number of carbonyl (C=O) groups is 2. The molecule has 0 saturated heterocycles. The number of rotatable bonds is 3. The fourth-order valence-electron chi connectivity index (χ4n) is 4.23. The summed E-state index contributed by atoms with van der Waals surface area (Å²) < 4.78 is 0. The number of benzene rings is 2. The van der Waals surface area contributed by atoms with E-state index in [4.69, 9.17) is 23.2 Å². The maximum Gasteiger partial charge on any atom is 0.254 e. The van der Waals surface area contributed by atoms with Gasteiger partial charge in [0.1, 0.15) is 0 Å². The minimum absolute atomic E-state index is 0.0495. The summed E-state index contributed by atoms with van der Waals surface area (Å²) in [4.78, 5) is 26.4. The number of amides is 1. The molecule has 0 aromatic heterocycles. The molecule has 2 aromatic rings. The van der Waals surface area contributed by atoms with Crippen molar-refractivity contribution in [2.75, 3.05) is 5.32 Å². The third-order valence-corrected chi connectivity index (χ3v) is 6.25. The van der Waals surface area contributed by atoms with Crippen molar-refractivity contribution in [3.8, 4) is 0 Å². The molecule has 1 aliphatic heterocycles. The molecule has 0 spiro atoms. The van der Waals surface area contributed by atoms with Gasteiger partial charge in [0.2, 0.25) is 0 Å². The maximum atomic E-state index is 13.5. The van der Waals surface area contributed by atoms with Crippen LogP contribution in [0.3, 0.4) is 0 Å².